The van der Waals surface area contributed by atoms with Gasteiger partial charge in [0.1, 0.15) is 0 Å². The number of rotatable bonds is 7. The summed E-state index contributed by atoms with van der Waals surface area (Å²) in [5.41, 5.74) is 2.41. The SMILES string of the molecule is CCCNCC(Cc1cncc(Br)c1)c1ccccc1Cl. The van der Waals surface area contributed by atoms with E-state index in [1.807, 2.05) is 30.6 Å². The average molecular weight is 368 g/mol. The summed E-state index contributed by atoms with van der Waals surface area (Å²) in [6, 6.07) is 10.2. The first-order chi connectivity index (χ1) is 10.2. The predicted octanol–water partition coefficient (Wildman–Crippen LogP) is 4.82. The number of nitrogens with one attached hydrogen (secondary N) is 1. The van der Waals surface area contributed by atoms with Gasteiger partial charge in [-0.05, 0) is 58.6 Å². The van der Waals surface area contributed by atoms with E-state index in [0.717, 1.165) is 35.4 Å². The van der Waals surface area contributed by atoms with Crippen molar-refractivity contribution in [3.63, 3.8) is 0 Å². The molecule has 112 valence electrons. The number of aromatic nitrogens is 1. The summed E-state index contributed by atoms with van der Waals surface area (Å²) in [4.78, 5) is 4.25. The third-order valence-electron chi connectivity index (χ3n) is 3.41. The molecule has 4 heteroatoms. The molecule has 21 heavy (non-hydrogen) atoms. The lowest BCUT2D eigenvalue weighted by Crippen LogP contribution is -2.24. The molecule has 0 saturated heterocycles. The second kappa shape index (κ2) is 8.52. The molecule has 1 aromatic carbocycles. The van der Waals surface area contributed by atoms with E-state index in [0.29, 0.717) is 5.92 Å². The summed E-state index contributed by atoms with van der Waals surface area (Å²) in [6.45, 7) is 4.12. The molecule has 0 bridgehead atoms. The summed E-state index contributed by atoms with van der Waals surface area (Å²) >= 11 is 9.86. The van der Waals surface area contributed by atoms with Crippen LogP contribution in [-0.2, 0) is 6.42 Å². The van der Waals surface area contributed by atoms with E-state index >= 15 is 0 Å². The highest BCUT2D eigenvalue weighted by Crippen LogP contribution is 2.27. The topological polar surface area (TPSA) is 24.9 Å². The highest BCUT2D eigenvalue weighted by Gasteiger charge is 2.15. The maximum absolute atomic E-state index is 6.38. The Labute approximate surface area is 140 Å². The number of hydrogen-bond acceptors (Lipinski definition) is 2. The molecule has 1 unspecified atom stereocenters. The lowest BCUT2D eigenvalue weighted by atomic mass is 9.92. The van der Waals surface area contributed by atoms with E-state index < -0.39 is 0 Å². The zero-order valence-electron chi connectivity index (χ0n) is 12.2. The minimum Gasteiger partial charge on any atom is -0.316 e. The zero-order chi connectivity index (χ0) is 15.1. The monoisotopic (exact) mass is 366 g/mol. The largest absolute Gasteiger partial charge is 0.316 e. The molecule has 0 aliphatic heterocycles. The molecule has 0 saturated carbocycles. The van der Waals surface area contributed by atoms with E-state index in [9.17, 15) is 0 Å². The Hall–Kier alpha value is -0.900. The first-order valence-electron chi connectivity index (χ1n) is 7.25. The molecule has 1 aromatic heterocycles. The number of hydrogen-bond donors (Lipinski definition) is 1. The fraction of sp³-hybridized carbons (Fsp3) is 0.353. The van der Waals surface area contributed by atoms with Crippen molar-refractivity contribution >= 4 is 27.5 Å². The summed E-state index contributed by atoms with van der Waals surface area (Å²) in [5, 5.41) is 4.34. The molecular weight excluding hydrogens is 348 g/mol. The Balaban J connectivity index is 2.17. The van der Waals surface area contributed by atoms with Gasteiger partial charge in [0.25, 0.3) is 0 Å². The number of pyridine rings is 1. The van der Waals surface area contributed by atoms with E-state index in [-0.39, 0.29) is 0 Å². The molecule has 2 aromatic rings. The smallest absolute Gasteiger partial charge is 0.0441 e. The lowest BCUT2D eigenvalue weighted by Gasteiger charge is -2.19. The molecule has 0 aliphatic carbocycles. The molecule has 0 spiro atoms. The summed E-state index contributed by atoms with van der Waals surface area (Å²) in [7, 11) is 0. The van der Waals surface area contributed by atoms with Crippen LogP contribution in [0.1, 0.15) is 30.4 Å². The van der Waals surface area contributed by atoms with Gasteiger partial charge in [-0.1, -0.05) is 36.7 Å². The standard InChI is InChI=1S/C17H20BrClN2/c1-2-7-20-11-14(16-5-3-4-6-17(16)19)8-13-9-15(18)12-21-10-13/h3-6,9-10,12,14,20H,2,7-8,11H2,1H3. The molecule has 0 fully saturated rings. The summed E-state index contributed by atoms with van der Waals surface area (Å²) in [5.74, 6) is 0.348. The van der Waals surface area contributed by atoms with Gasteiger partial charge < -0.3 is 5.32 Å². The van der Waals surface area contributed by atoms with E-state index in [2.05, 4.69) is 45.3 Å². The van der Waals surface area contributed by atoms with Gasteiger partial charge in [0.15, 0.2) is 0 Å². The molecule has 1 atom stereocenters. The Kier molecular flexibility index (Phi) is 6.68. The van der Waals surface area contributed by atoms with Gasteiger partial charge in [-0.25, -0.2) is 0 Å². The van der Waals surface area contributed by atoms with Crippen LogP contribution in [0.15, 0.2) is 47.2 Å². The van der Waals surface area contributed by atoms with Gasteiger partial charge in [-0.2, -0.15) is 0 Å². The van der Waals surface area contributed by atoms with Crippen LogP contribution in [0.25, 0.3) is 0 Å². The minimum atomic E-state index is 0.348. The van der Waals surface area contributed by atoms with Crippen molar-refractivity contribution in [2.24, 2.45) is 0 Å². The zero-order valence-corrected chi connectivity index (χ0v) is 14.5. The van der Waals surface area contributed by atoms with Crippen molar-refractivity contribution in [2.45, 2.75) is 25.7 Å². The fourth-order valence-corrected chi connectivity index (χ4v) is 3.11. The lowest BCUT2D eigenvalue weighted by molar-refractivity contribution is 0.576. The van der Waals surface area contributed by atoms with Crippen LogP contribution in [0.2, 0.25) is 5.02 Å². The van der Waals surface area contributed by atoms with Crippen molar-refractivity contribution in [3.8, 4) is 0 Å². The van der Waals surface area contributed by atoms with Gasteiger partial charge in [0.05, 0.1) is 0 Å². The number of benzene rings is 1. The van der Waals surface area contributed by atoms with Gasteiger partial charge in [-0.3, -0.25) is 4.98 Å². The van der Waals surface area contributed by atoms with Crippen LogP contribution < -0.4 is 5.32 Å². The number of nitrogens with zero attached hydrogens (tertiary/aromatic N) is 1. The van der Waals surface area contributed by atoms with Crippen LogP contribution in [-0.4, -0.2) is 18.1 Å². The molecule has 0 aliphatic rings. The molecule has 0 radical (unpaired) electrons. The minimum absolute atomic E-state index is 0.348. The van der Waals surface area contributed by atoms with E-state index in [4.69, 9.17) is 11.6 Å². The van der Waals surface area contributed by atoms with Crippen LogP contribution in [0.4, 0.5) is 0 Å². The quantitative estimate of drug-likeness (QED) is 0.709. The second-order valence-corrected chi connectivity index (χ2v) is 6.46. The van der Waals surface area contributed by atoms with Gasteiger partial charge in [0, 0.05) is 34.4 Å². The van der Waals surface area contributed by atoms with E-state index in [1.54, 1.807) is 0 Å². The molecule has 1 heterocycles. The summed E-state index contributed by atoms with van der Waals surface area (Å²) in [6.07, 6.45) is 5.79. The fourth-order valence-electron chi connectivity index (χ4n) is 2.40. The second-order valence-electron chi connectivity index (χ2n) is 5.14. The van der Waals surface area contributed by atoms with Crippen molar-refractivity contribution in [1.82, 2.24) is 10.3 Å². The Morgan fingerprint density at radius 1 is 1.29 bits per heavy atom. The average Bonchev–Trinajstić information content (AvgIpc) is 2.47. The van der Waals surface area contributed by atoms with Gasteiger partial charge >= 0.3 is 0 Å². The Morgan fingerprint density at radius 3 is 2.81 bits per heavy atom. The van der Waals surface area contributed by atoms with Crippen molar-refractivity contribution in [3.05, 3.63) is 63.3 Å². The van der Waals surface area contributed by atoms with Crippen LogP contribution >= 0.6 is 27.5 Å². The van der Waals surface area contributed by atoms with Gasteiger partial charge in [-0.15, -0.1) is 0 Å². The van der Waals surface area contributed by atoms with E-state index in [1.165, 1.54) is 11.1 Å². The van der Waals surface area contributed by atoms with Crippen LogP contribution in [0.5, 0.6) is 0 Å². The molecule has 0 amide bonds. The third-order valence-corrected chi connectivity index (χ3v) is 4.18. The van der Waals surface area contributed by atoms with Crippen molar-refractivity contribution in [2.75, 3.05) is 13.1 Å². The van der Waals surface area contributed by atoms with Crippen LogP contribution in [0.3, 0.4) is 0 Å². The summed E-state index contributed by atoms with van der Waals surface area (Å²) < 4.78 is 1.01. The maximum Gasteiger partial charge on any atom is 0.0441 e. The molecule has 2 nitrogen and oxygen atoms in total. The Morgan fingerprint density at radius 2 is 2.10 bits per heavy atom. The highest BCUT2D eigenvalue weighted by atomic mass is 79.9. The highest BCUT2D eigenvalue weighted by molar-refractivity contribution is 9.10. The van der Waals surface area contributed by atoms with Crippen molar-refractivity contribution in [1.29, 1.82) is 0 Å². The normalized spacial score (nSPS) is 12.3. The maximum atomic E-state index is 6.38. The Bertz CT molecular complexity index is 574. The number of halogens is 2. The molecule has 1 N–H and O–H groups in total. The van der Waals surface area contributed by atoms with Crippen molar-refractivity contribution < 1.29 is 0 Å². The van der Waals surface area contributed by atoms with Crippen LogP contribution in [0, 0.1) is 0 Å². The predicted molar refractivity (Wildman–Crippen MR) is 93.0 cm³/mol. The first-order valence-corrected chi connectivity index (χ1v) is 8.42. The first kappa shape index (κ1) is 16.5. The molecular formula is C17H20BrClN2. The molecule has 2 rings (SSSR count). The third kappa shape index (κ3) is 5.10. The van der Waals surface area contributed by atoms with Gasteiger partial charge in [0.2, 0.25) is 0 Å².